The minimum atomic E-state index is -0.299. The highest BCUT2D eigenvalue weighted by atomic mass is 16.3. The lowest BCUT2D eigenvalue weighted by Gasteiger charge is -2.30. The molecule has 1 amide bonds. The predicted octanol–water partition coefficient (Wildman–Crippen LogP) is 1.65. The van der Waals surface area contributed by atoms with Crippen molar-refractivity contribution in [3.8, 4) is 0 Å². The minimum Gasteiger partial charge on any atom is -0.392 e. The summed E-state index contributed by atoms with van der Waals surface area (Å²) in [6.45, 7) is 2.40. The monoisotopic (exact) mass is 313 g/mol. The van der Waals surface area contributed by atoms with Gasteiger partial charge in [-0.3, -0.25) is 14.7 Å². The molecular weight excluding hydrogens is 290 g/mol. The number of likely N-dealkylation sites (N-methyl/N-ethyl adjacent to an activating group) is 1. The van der Waals surface area contributed by atoms with Gasteiger partial charge in [0.05, 0.1) is 18.2 Å². The Morgan fingerprint density at radius 3 is 3.09 bits per heavy atom. The van der Waals surface area contributed by atoms with Crippen LogP contribution >= 0.6 is 0 Å². The zero-order valence-corrected chi connectivity index (χ0v) is 13.5. The summed E-state index contributed by atoms with van der Waals surface area (Å²) in [5, 5.41) is 10.8. The largest absolute Gasteiger partial charge is 0.392 e. The molecule has 1 aromatic carbocycles. The molecule has 1 N–H and O–H groups in total. The van der Waals surface area contributed by atoms with Crippen LogP contribution in [0.2, 0.25) is 0 Å². The van der Waals surface area contributed by atoms with Crippen LogP contribution in [0.4, 0.5) is 0 Å². The number of piperidine rings is 1. The molecular formula is C18H23N3O2. The van der Waals surface area contributed by atoms with E-state index in [9.17, 15) is 9.90 Å². The van der Waals surface area contributed by atoms with E-state index in [1.54, 1.807) is 4.90 Å². The van der Waals surface area contributed by atoms with Crippen LogP contribution in [0.15, 0.2) is 36.5 Å². The van der Waals surface area contributed by atoms with Crippen molar-refractivity contribution in [1.82, 2.24) is 14.8 Å². The maximum Gasteiger partial charge on any atom is 0.236 e. The number of aliphatic hydroxyl groups excluding tert-OH is 1. The third-order valence-electron chi connectivity index (χ3n) is 4.33. The van der Waals surface area contributed by atoms with E-state index in [4.69, 9.17) is 0 Å². The van der Waals surface area contributed by atoms with Gasteiger partial charge in [0.2, 0.25) is 5.91 Å². The van der Waals surface area contributed by atoms with Crippen molar-refractivity contribution in [2.45, 2.75) is 25.5 Å². The van der Waals surface area contributed by atoms with Gasteiger partial charge in [0.25, 0.3) is 0 Å². The third-order valence-corrected chi connectivity index (χ3v) is 4.33. The summed E-state index contributed by atoms with van der Waals surface area (Å²) in [4.78, 5) is 20.6. The van der Waals surface area contributed by atoms with Crippen LogP contribution < -0.4 is 0 Å². The number of rotatable bonds is 4. The second-order valence-corrected chi connectivity index (χ2v) is 6.32. The molecule has 1 aromatic heterocycles. The van der Waals surface area contributed by atoms with Gasteiger partial charge in [-0.2, -0.15) is 0 Å². The SMILES string of the molecule is CN(Cc1cnc2ccccc2c1)C(=O)CN1CCC[C@H](O)C1. The van der Waals surface area contributed by atoms with Gasteiger partial charge < -0.3 is 10.0 Å². The summed E-state index contributed by atoms with van der Waals surface area (Å²) >= 11 is 0. The van der Waals surface area contributed by atoms with Crippen LogP contribution in [0.5, 0.6) is 0 Å². The lowest BCUT2D eigenvalue weighted by molar-refractivity contribution is -0.132. The first kappa shape index (κ1) is 15.9. The molecule has 2 heterocycles. The van der Waals surface area contributed by atoms with Crippen molar-refractivity contribution in [1.29, 1.82) is 0 Å². The molecule has 1 aliphatic heterocycles. The first-order valence-corrected chi connectivity index (χ1v) is 8.10. The zero-order valence-electron chi connectivity index (χ0n) is 13.5. The second-order valence-electron chi connectivity index (χ2n) is 6.32. The predicted molar refractivity (Wildman–Crippen MR) is 89.9 cm³/mol. The molecule has 1 saturated heterocycles. The number of para-hydroxylation sites is 1. The maximum absolute atomic E-state index is 12.4. The Labute approximate surface area is 136 Å². The zero-order chi connectivity index (χ0) is 16.2. The summed E-state index contributed by atoms with van der Waals surface area (Å²) in [5.41, 5.74) is 1.99. The quantitative estimate of drug-likeness (QED) is 0.932. The number of aliphatic hydroxyl groups is 1. The fourth-order valence-electron chi connectivity index (χ4n) is 3.05. The molecule has 0 aliphatic carbocycles. The topological polar surface area (TPSA) is 56.7 Å². The van der Waals surface area contributed by atoms with Gasteiger partial charge in [-0.25, -0.2) is 0 Å². The second kappa shape index (κ2) is 7.06. The minimum absolute atomic E-state index is 0.0762. The van der Waals surface area contributed by atoms with Gasteiger partial charge in [-0.1, -0.05) is 18.2 Å². The first-order valence-electron chi connectivity index (χ1n) is 8.10. The molecule has 1 atom stereocenters. The normalized spacial score (nSPS) is 19.0. The molecule has 1 aliphatic rings. The molecule has 2 aromatic rings. The average molecular weight is 313 g/mol. The molecule has 0 unspecified atom stereocenters. The third kappa shape index (κ3) is 4.06. The molecule has 5 nitrogen and oxygen atoms in total. The van der Waals surface area contributed by atoms with E-state index in [2.05, 4.69) is 11.1 Å². The molecule has 23 heavy (non-hydrogen) atoms. The lowest BCUT2D eigenvalue weighted by Crippen LogP contribution is -2.44. The Hall–Kier alpha value is -1.98. The van der Waals surface area contributed by atoms with Crippen LogP contribution in [0.3, 0.4) is 0 Å². The van der Waals surface area contributed by atoms with Gasteiger partial charge in [-0.15, -0.1) is 0 Å². The van der Waals surface area contributed by atoms with Crippen molar-refractivity contribution in [2.75, 3.05) is 26.7 Å². The highest BCUT2D eigenvalue weighted by Crippen LogP contribution is 2.14. The number of benzene rings is 1. The highest BCUT2D eigenvalue weighted by molar-refractivity contribution is 5.80. The Morgan fingerprint density at radius 1 is 1.43 bits per heavy atom. The van der Waals surface area contributed by atoms with Crippen LogP contribution in [0.25, 0.3) is 10.9 Å². The van der Waals surface area contributed by atoms with Crippen LogP contribution in [0.1, 0.15) is 18.4 Å². The number of likely N-dealkylation sites (tertiary alicyclic amines) is 1. The van der Waals surface area contributed by atoms with E-state index in [0.717, 1.165) is 35.9 Å². The summed E-state index contributed by atoms with van der Waals surface area (Å²) in [6, 6.07) is 10.1. The summed E-state index contributed by atoms with van der Waals surface area (Å²) in [5.74, 6) is 0.0762. The summed E-state index contributed by atoms with van der Waals surface area (Å²) in [6.07, 6.45) is 3.32. The Kier molecular flexibility index (Phi) is 4.88. The van der Waals surface area contributed by atoms with E-state index in [1.165, 1.54) is 0 Å². The van der Waals surface area contributed by atoms with Crippen molar-refractivity contribution >= 4 is 16.8 Å². The number of carbonyl (C=O) groups excluding carboxylic acids is 1. The highest BCUT2D eigenvalue weighted by Gasteiger charge is 2.21. The number of carbonyl (C=O) groups is 1. The fraction of sp³-hybridized carbons (Fsp3) is 0.444. The Bertz CT molecular complexity index is 689. The molecule has 122 valence electrons. The summed E-state index contributed by atoms with van der Waals surface area (Å²) in [7, 11) is 1.82. The number of hydrogen-bond donors (Lipinski definition) is 1. The number of β-amino-alcohol motifs (C(OH)–C–C–N with tert-alkyl or cyclic N) is 1. The number of aromatic nitrogens is 1. The average Bonchev–Trinajstić information content (AvgIpc) is 2.54. The van der Waals surface area contributed by atoms with Crippen molar-refractivity contribution in [2.24, 2.45) is 0 Å². The number of nitrogens with zero attached hydrogens (tertiary/aromatic N) is 3. The maximum atomic E-state index is 12.4. The molecule has 5 heteroatoms. The molecule has 0 bridgehead atoms. The fourth-order valence-corrected chi connectivity index (χ4v) is 3.05. The number of pyridine rings is 1. The molecule has 0 spiro atoms. The standard InChI is InChI=1S/C18H23N3O2/c1-20(18(23)13-21-8-4-6-16(22)12-21)11-14-9-15-5-2-3-7-17(15)19-10-14/h2-3,5,7,9-10,16,22H,4,6,8,11-13H2,1H3/t16-/m0/s1. The van der Waals surface area contributed by atoms with Crippen LogP contribution in [-0.2, 0) is 11.3 Å². The smallest absolute Gasteiger partial charge is 0.236 e. The summed E-state index contributed by atoms with van der Waals surface area (Å²) < 4.78 is 0. The molecule has 0 radical (unpaired) electrons. The van der Waals surface area contributed by atoms with Gasteiger partial charge >= 0.3 is 0 Å². The number of hydrogen-bond acceptors (Lipinski definition) is 4. The molecule has 1 fully saturated rings. The number of fused-ring (bicyclic) bond motifs is 1. The Balaban J connectivity index is 1.60. The van der Waals surface area contributed by atoms with E-state index in [1.807, 2.05) is 42.4 Å². The first-order chi connectivity index (χ1) is 11.1. The van der Waals surface area contributed by atoms with Crippen molar-refractivity contribution < 1.29 is 9.90 Å². The van der Waals surface area contributed by atoms with Gasteiger partial charge in [-0.05, 0) is 37.1 Å². The van der Waals surface area contributed by atoms with Gasteiger partial charge in [0, 0.05) is 31.7 Å². The van der Waals surface area contributed by atoms with Gasteiger partial charge in [0.15, 0.2) is 0 Å². The van der Waals surface area contributed by atoms with Crippen molar-refractivity contribution in [3.63, 3.8) is 0 Å². The van der Waals surface area contributed by atoms with E-state index in [-0.39, 0.29) is 12.0 Å². The van der Waals surface area contributed by atoms with E-state index < -0.39 is 0 Å². The van der Waals surface area contributed by atoms with Crippen LogP contribution in [0, 0.1) is 0 Å². The van der Waals surface area contributed by atoms with Crippen LogP contribution in [-0.4, -0.2) is 58.6 Å². The van der Waals surface area contributed by atoms with Gasteiger partial charge in [0.1, 0.15) is 0 Å². The van der Waals surface area contributed by atoms with Crippen molar-refractivity contribution in [3.05, 3.63) is 42.1 Å². The lowest BCUT2D eigenvalue weighted by atomic mass is 10.1. The van der Waals surface area contributed by atoms with E-state index in [0.29, 0.717) is 19.6 Å². The Morgan fingerprint density at radius 2 is 2.26 bits per heavy atom. The number of amides is 1. The molecule has 0 saturated carbocycles. The van der Waals surface area contributed by atoms with E-state index >= 15 is 0 Å². The molecule has 3 rings (SSSR count).